The third-order valence-electron chi connectivity index (χ3n) is 0.123. The average molecular weight is 156 g/mol. The first-order chi connectivity index (χ1) is 3.68. The molecule has 0 saturated carbocycles. The van der Waals surface area contributed by atoms with Crippen LogP contribution in [0.25, 0.3) is 0 Å². The number of thiol groups is 1. The summed E-state index contributed by atoms with van der Waals surface area (Å²) >= 11 is 3.71. The number of hydrogen-bond donors (Lipinski definition) is 4. The fourth-order valence-corrected chi connectivity index (χ4v) is 0. The van der Waals surface area contributed by atoms with Gasteiger partial charge in [0.05, 0.1) is 0 Å². The van der Waals surface area contributed by atoms with Gasteiger partial charge in [-0.15, -0.1) is 22.5 Å². The number of amides is 1. The van der Waals surface area contributed by atoms with Gasteiger partial charge in [0.2, 0.25) is 0 Å². The van der Waals surface area contributed by atoms with E-state index in [2.05, 4.69) is 17.5 Å². The smallest absolute Gasteiger partial charge is 0.418 e. The largest absolute Gasteiger partial charge is 0.464 e. The molecule has 0 unspecified atom stereocenters. The van der Waals surface area contributed by atoms with Crippen LogP contribution in [0, 0.1) is 0 Å². The Balaban J connectivity index is 0. The van der Waals surface area contributed by atoms with Crippen LogP contribution in [0.5, 0.6) is 0 Å². The van der Waals surface area contributed by atoms with Crippen LogP contribution in [0.3, 0.4) is 0 Å². The molecule has 0 aromatic heterocycles. The summed E-state index contributed by atoms with van der Waals surface area (Å²) < 4.78 is 0. The minimum atomic E-state index is -1.22. The molecule has 0 aliphatic carbocycles. The predicted octanol–water partition coefficient (Wildman–Crippen LogP) is 0.322. The Morgan fingerprint density at radius 2 is 2.12 bits per heavy atom. The van der Waals surface area contributed by atoms with E-state index in [1.54, 1.807) is 0 Å². The Labute approximate surface area is 56.6 Å². The lowest BCUT2D eigenvalue weighted by Crippen LogP contribution is -2.27. The van der Waals surface area contributed by atoms with Gasteiger partial charge in [0.1, 0.15) is 0 Å². The summed E-state index contributed by atoms with van der Waals surface area (Å²) in [6.07, 6.45) is 0.688. The second-order valence-electron chi connectivity index (χ2n) is 0.632. The number of hydrogen-bond acceptors (Lipinski definition) is 4. The van der Waals surface area contributed by atoms with Gasteiger partial charge in [0, 0.05) is 0 Å². The van der Waals surface area contributed by atoms with Gasteiger partial charge < -0.3 is 5.11 Å². The molecule has 0 spiro atoms. The molecule has 1 amide bonds. The maximum atomic E-state index is 9.13. The Kier molecular flexibility index (Phi) is 13.6. The van der Waals surface area contributed by atoms with Crippen molar-refractivity contribution >= 4 is 28.5 Å². The van der Waals surface area contributed by atoms with E-state index in [0.29, 0.717) is 0 Å². The van der Waals surface area contributed by atoms with Crippen LogP contribution in [0.4, 0.5) is 4.79 Å². The van der Waals surface area contributed by atoms with Gasteiger partial charge in [-0.05, 0) is 6.26 Å². The van der Waals surface area contributed by atoms with E-state index in [0.717, 1.165) is 0 Å². The van der Waals surface area contributed by atoms with Crippen LogP contribution in [0.2, 0.25) is 0 Å². The molecule has 8 heavy (non-hydrogen) atoms. The van der Waals surface area contributed by atoms with E-state index in [9.17, 15) is 0 Å². The molecule has 6 heteroatoms. The molecule has 0 aromatic rings. The van der Waals surface area contributed by atoms with Gasteiger partial charge >= 0.3 is 6.09 Å². The molecule has 4 N–H and O–H groups in total. The molecule has 0 aliphatic rings. The molecular formula is C2H8N2O2S2. The van der Waals surface area contributed by atoms with Crippen molar-refractivity contribution in [2.24, 2.45) is 5.84 Å². The maximum absolute atomic E-state index is 9.13. The van der Waals surface area contributed by atoms with Crippen molar-refractivity contribution in [2.75, 3.05) is 6.26 Å². The zero-order valence-corrected chi connectivity index (χ0v) is 6.00. The Morgan fingerprint density at radius 3 is 2.12 bits per heavy atom. The van der Waals surface area contributed by atoms with Crippen LogP contribution >= 0.6 is 22.5 Å². The zero-order valence-electron chi connectivity index (χ0n) is 4.29. The second kappa shape index (κ2) is 10.0. The number of carboxylic acid groups (broad SMARTS) is 1. The second-order valence-corrected chi connectivity index (χ2v) is 2.09. The van der Waals surface area contributed by atoms with E-state index in [1.165, 1.54) is 16.2 Å². The molecular weight excluding hydrogens is 148 g/mol. The molecule has 0 fully saturated rings. The number of nitrogens with two attached hydrogens (primary N) is 1. The molecule has 0 bridgehead atoms. The summed E-state index contributed by atoms with van der Waals surface area (Å²) in [7, 11) is 1.44. The van der Waals surface area contributed by atoms with Gasteiger partial charge in [-0.1, -0.05) is 0 Å². The monoisotopic (exact) mass is 156 g/mol. The molecule has 0 aliphatic heterocycles. The molecule has 0 saturated heterocycles. The topological polar surface area (TPSA) is 75.3 Å². The summed E-state index contributed by atoms with van der Waals surface area (Å²) in [5.41, 5.74) is 1.44. The number of hydrazine groups is 1. The van der Waals surface area contributed by atoms with Gasteiger partial charge in [-0.3, -0.25) is 5.43 Å². The van der Waals surface area contributed by atoms with Crippen LogP contribution in [-0.2, 0) is 0 Å². The van der Waals surface area contributed by atoms with Gasteiger partial charge in [-0.25, -0.2) is 10.6 Å². The van der Waals surface area contributed by atoms with Crippen LogP contribution in [0.15, 0.2) is 0 Å². The molecule has 0 heterocycles. The summed E-state index contributed by atoms with van der Waals surface area (Å²) in [6.45, 7) is 0. The van der Waals surface area contributed by atoms with Crippen molar-refractivity contribution in [3.63, 3.8) is 0 Å². The van der Waals surface area contributed by atoms with Crippen LogP contribution in [0.1, 0.15) is 0 Å². The van der Waals surface area contributed by atoms with Crippen molar-refractivity contribution < 1.29 is 9.90 Å². The van der Waals surface area contributed by atoms with Crippen molar-refractivity contribution in [1.29, 1.82) is 0 Å². The van der Waals surface area contributed by atoms with Crippen molar-refractivity contribution in [3.8, 4) is 0 Å². The van der Waals surface area contributed by atoms with E-state index >= 15 is 0 Å². The van der Waals surface area contributed by atoms with Crippen LogP contribution < -0.4 is 11.3 Å². The summed E-state index contributed by atoms with van der Waals surface area (Å²) in [5.74, 6) is 4.32. The SMILES string of the molecule is CSS.NNC(=O)O. The third-order valence-corrected chi connectivity index (χ3v) is 0.123. The standard InChI is InChI=1S/CH4N2O2.CH4S2/c2-3-1(4)5;1-3-2/h3H,2H2,(H,4,5);2H,1H3. The Bertz CT molecular complexity index is 60.0. The minimum absolute atomic E-state index is 1.22. The normalized spacial score (nSPS) is 6.38. The molecule has 50 valence electrons. The van der Waals surface area contributed by atoms with Gasteiger partial charge in [0.15, 0.2) is 0 Å². The molecule has 4 nitrogen and oxygen atoms in total. The summed E-state index contributed by atoms with van der Waals surface area (Å²) in [6, 6.07) is 0. The Hall–Kier alpha value is -0.0700. The first-order valence-electron chi connectivity index (χ1n) is 1.56. The quantitative estimate of drug-likeness (QED) is 0.134. The van der Waals surface area contributed by atoms with E-state index in [-0.39, 0.29) is 0 Å². The first-order valence-corrected chi connectivity index (χ1v) is 3.83. The van der Waals surface area contributed by atoms with Gasteiger partial charge in [-0.2, -0.15) is 0 Å². The molecule has 0 aromatic carbocycles. The third kappa shape index (κ3) is 38.7. The Morgan fingerprint density at radius 1 is 2.00 bits per heavy atom. The highest BCUT2D eigenvalue weighted by atomic mass is 33.1. The average Bonchev–Trinajstić information content (AvgIpc) is 1.69. The van der Waals surface area contributed by atoms with E-state index < -0.39 is 6.09 Å². The predicted molar refractivity (Wildman–Crippen MR) is 37.8 cm³/mol. The lowest BCUT2D eigenvalue weighted by molar-refractivity contribution is 0.194. The minimum Gasteiger partial charge on any atom is -0.464 e. The maximum Gasteiger partial charge on any atom is 0.418 e. The van der Waals surface area contributed by atoms with Crippen molar-refractivity contribution in [2.45, 2.75) is 0 Å². The molecule has 0 radical (unpaired) electrons. The lowest BCUT2D eigenvalue weighted by Gasteiger charge is -1.79. The number of rotatable bonds is 0. The van der Waals surface area contributed by atoms with E-state index in [4.69, 9.17) is 9.90 Å². The summed E-state index contributed by atoms with van der Waals surface area (Å²) in [5, 5.41) is 7.49. The van der Waals surface area contributed by atoms with E-state index in [1.807, 2.05) is 6.26 Å². The first kappa shape index (κ1) is 10.8. The fraction of sp³-hybridized carbons (Fsp3) is 0.500. The molecule has 0 rings (SSSR count). The molecule has 0 atom stereocenters. The van der Waals surface area contributed by atoms with Gasteiger partial charge in [0.25, 0.3) is 0 Å². The van der Waals surface area contributed by atoms with Crippen LogP contribution in [-0.4, -0.2) is 17.5 Å². The highest BCUT2D eigenvalue weighted by molar-refractivity contribution is 8.68. The highest BCUT2D eigenvalue weighted by Gasteiger charge is 1.77. The lowest BCUT2D eigenvalue weighted by atomic mass is 11.3. The fourth-order valence-electron chi connectivity index (χ4n) is 0. The van der Waals surface area contributed by atoms with Crippen molar-refractivity contribution in [3.05, 3.63) is 0 Å². The summed E-state index contributed by atoms with van der Waals surface area (Å²) in [4.78, 5) is 9.13. The zero-order chi connectivity index (χ0) is 6.99. The number of carbonyl (C=O) groups is 1. The number of nitrogens with one attached hydrogen (secondary N) is 1. The van der Waals surface area contributed by atoms with Crippen molar-refractivity contribution in [1.82, 2.24) is 5.43 Å². The highest BCUT2D eigenvalue weighted by Crippen LogP contribution is 1.91.